The molecule has 0 aromatic heterocycles. The van der Waals surface area contributed by atoms with Crippen molar-refractivity contribution in [2.75, 3.05) is 0 Å². The van der Waals surface area contributed by atoms with Crippen molar-refractivity contribution in [2.45, 2.75) is 0 Å². The molecule has 0 aliphatic rings. The number of primary amides is 1. The van der Waals surface area contributed by atoms with Gasteiger partial charge in [0.15, 0.2) is 0 Å². The third-order valence-electron chi connectivity index (χ3n) is 2.65. The molecule has 0 bridgehead atoms. The van der Waals surface area contributed by atoms with Crippen molar-refractivity contribution in [3.05, 3.63) is 62.6 Å². The highest BCUT2D eigenvalue weighted by Gasteiger charge is 2.14. The molecule has 2 aromatic carbocycles. The highest BCUT2D eigenvalue weighted by atomic mass is 79.9. The van der Waals surface area contributed by atoms with Gasteiger partial charge in [-0.25, -0.2) is 0 Å². The average Bonchev–Trinajstić information content (AvgIpc) is 2.38. The van der Waals surface area contributed by atoms with Crippen LogP contribution in [0.2, 0.25) is 0 Å². The number of halogens is 1. The molecular formula is C13H9BrN2O3. The Labute approximate surface area is 117 Å². The molecular weight excluding hydrogens is 312 g/mol. The van der Waals surface area contributed by atoms with Crippen LogP contribution in [0.25, 0.3) is 11.1 Å². The Morgan fingerprint density at radius 3 is 2.32 bits per heavy atom. The summed E-state index contributed by atoms with van der Waals surface area (Å²) in [5.74, 6) is -0.547. The highest BCUT2D eigenvalue weighted by Crippen LogP contribution is 2.32. The van der Waals surface area contributed by atoms with E-state index < -0.39 is 10.8 Å². The molecule has 2 aromatic rings. The highest BCUT2D eigenvalue weighted by molar-refractivity contribution is 9.10. The molecule has 6 heteroatoms. The van der Waals surface area contributed by atoms with E-state index in [0.29, 0.717) is 21.2 Å². The Bertz CT molecular complexity index is 653. The predicted molar refractivity (Wildman–Crippen MR) is 74.8 cm³/mol. The molecule has 2 rings (SSSR count). The minimum Gasteiger partial charge on any atom is -0.366 e. The average molecular weight is 321 g/mol. The van der Waals surface area contributed by atoms with Crippen molar-refractivity contribution < 1.29 is 9.72 Å². The minimum absolute atomic E-state index is 0.00331. The number of carbonyl (C=O) groups is 1. The molecule has 0 spiro atoms. The number of amides is 1. The maximum atomic E-state index is 11.4. The van der Waals surface area contributed by atoms with Crippen LogP contribution in [0.3, 0.4) is 0 Å². The second-order valence-corrected chi connectivity index (χ2v) is 4.68. The molecule has 1 amide bonds. The molecule has 0 atom stereocenters. The number of nitro groups is 1. The van der Waals surface area contributed by atoms with Gasteiger partial charge in [0.05, 0.1) is 4.92 Å². The van der Waals surface area contributed by atoms with Gasteiger partial charge in [-0.15, -0.1) is 0 Å². The minimum atomic E-state index is -0.547. The van der Waals surface area contributed by atoms with E-state index >= 15 is 0 Å². The maximum absolute atomic E-state index is 11.4. The summed E-state index contributed by atoms with van der Waals surface area (Å²) >= 11 is 3.36. The molecule has 0 aliphatic carbocycles. The summed E-state index contributed by atoms with van der Waals surface area (Å²) in [5, 5.41) is 10.6. The van der Waals surface area contributed by atoms with Crippen molar-refractivity contribution in [1.82, 2.24) is 0 Å². The molecule has 0 fully saturated rings. The van der Waals surface area contributed by atoms with Gasteiger partial charge in [-0.05, 0) is 29.8 Å². The molecule has 0 heterocycles. The largest absolute Gasteiger partial charge is 0.366 e. The lowest BCUT2D eigenvalue weighted by atomic mass is 9.99. The zero-order valence-electron chi connectivity index (χ0n) is 9.67. The molecule has 19 heavy (non-hydrogen) atoms. The van der Waals surface area contributed by atoms with Gasteiger partial charge in [0.25, 0.3) is 5.69 Å². The first kappa shape index (κ1) is 13.2. The first-order chi connectivity index (χ1) is 9.00. The quantitative estimate of drug-likeness (QED) is 0.696. The van der Waals surface area contributed by atoms with Gasteiger partial charge in [0, 0.05) is 27.7 Å². The number of hydrogen-bond donors (Lipinski definition) is 1. The third kappa shape index (κ3) is 2.63. The summed E-state index contributed by atoms with van der Waals surface area (Å²) in [5.41, 5.74) is 7.01. The number of nitrogens with two attached hydrogens (primary N) is 1. The van der Waals surface area contributed by atoms with Crippen molar-refractivity contribution in [1.29, 1.82) is 0 Å². The number of rotatable bonds is 3. The van der Waals surface area contributed by atoms with Crippen molar-refractivity contribution in [3.8, 4) is 11.1 Å². The Hall–Kier alpha value is -2.21. The zero-order valence-corrected chi connectivity index (χ0v) is 11.3. The van der Waals surface area contributed by atoms with E-state index in [0.717, 1.165) is 0 Å². The van der Waals surface area contributed by atoms with E-state index in [1.807, 2.05) is 0 Å². The normalized spacial score (nSPS) is 10.2. The Balaban J connectivity index is 2.58. The van der Waals surface area contributed by atoms with E-state index in [1.54, 1.807) is 30.3 Å². The number of benzene rings is 2. The molecule has 5 nitrogen and oxygen atoms in total. The fraction of sp³-hybridized carbons (Fsp3) is 0. The van der Waals surface area contributed by atoms with Crippen LogP contribution in [0.15, 0.2) is 46.9 Å². The SMILES string of the molecule is NC(=O)c1cccc(Br)c1-c1ccc([N+](=O)[O-])cc1. The summed E-state index contributed by atoms with van der Waals surface area (Å²) in [7, 11) is 0. The summed E-state index contributed by atoms with van der Waals surface area (Å²) in [4.78, 5) is 21.6. The number of non-ortho nitro benzene ring substituents is 1. The van der Waals surface area contributed by atoms with Crippen LogP contribution in [0, 0.1) is 10.1 Å². The number of carbonyl (C=O) groups excluding carboxylic acids is 1. The summed E-state index contributed by atoms with van der Waals surface area (Å²) in [6.45, 7) is 0. The third-order valence-corrected chi connectivity index (χ3v) is 3.31. The van der Waals surface area contributed by atoms with Gasteiger partial charge >= 0.3 is 0 Å². The second-order valence-electron chi connectivity index (χ2n) is 3.83. The van der Waals surface area contributed by atoms with E-state index in [-0.39, 0.29) is 5.69 Å². The van der Waals surface area contributed by atoms with Crippen LogP contribution in [0.4, 0.5) is 5.69 Å². The maximum Gasteiger partial charge on any atom is 0.269 e. The van der Waals surface area contributed by atoms with Gasteiger partial charge in [-0.1, -0.05) is 22.0 Å². The van der Waals surface area contributed by atoms with Crippen molar-refractivity contribution in [2.24, 2.45) is 5.73 Å². The van der Waals surface area contributed by atoms with Gasteiger partial charge in [0.1, 0.15) is 0 Å². The van der Waals surface area contributed by atoms with Gasteiger partial charge in [-0.3, -0.25) is 14.9 Å². The van der Waals surface area contributed by atoms with Crippen LogP contribution in [-0.2, 0) is 0 Å². The Morgan fingerprint density at radius 1 is 1.16 bits per heavy atom. The second kappa shape index (κ2) is 5.19. The first-order valence-corrected chi connectivity index (χ1v) is 6.13. The summed E-state index contributed by atoms with van der Waals surface area (Å²) in [6, 6.07) is 11.1. The first-order valence-electron chi connectivity index (χ1n) is 5.34. The molecule has 96 valence electrons. The fourth-order valence-corrected chi connectivity index (χ4v) is 2.37. The molecule has 0 unspecified atom stereocenters. The van der Waals surface area contributed by atoms with E-state index in [9.17, 15) is 14.9 Å². The Kier molecular flexibility index (Phi) is 3.62. The lowest BCUT2D eigenvalue weighted by Gasteiger charge is -2.09. The predicted octanol–water partition coefficient (Wildman–Crippen LogP) is 3.12. The van der Waals surface area contributed by atoms with Crippen LogP contribution in [0.5, 0.6) is 0 Å². The van der Waals surface area contributed by atoms with Crippen LogP contribution in [0.1, 0.15) is 10.4 Å². The molecule has 2 N–H and O–H groups in total. The lowest BCUT2D eigenvalue weighted by molar-refractivity contribution is -0.384. The van der Waals surface area contributed by atoms with Crippen LogP contribution < -0.4 is 5.73 Å². The smallest absolute Gasteiger partial charge is 0.269 e. The Morgan fingerprint density at radius 2 is 1.79 bits per heavy atom. The monoisotopic (exact) mass is 320 g/mol. The molecule has 0 saturated carbocycles. The molecule has 0 saturated heterocycles. The molecule has 0 aliphatic heterocycles. The van der Waals surface area contributed by atoms with Gasteiger partial charge < -0.3 is 5.73 Å². The zero-order chi connectivity index (χ0) is 14.0. The molecule has 0 radical (unpaired) electrons. The van der Waals surface area contributed by atoms with Crippen molar-refractivity contribution >= 4 is 27.5 Å². The number of hydrogen-bond acceptors (Lipinski definition) is 3. The van der Waals surface area contributed by atoms with Gasteiger partial charge in [-0.2, -0.15) is 0 Å². The van der Waals surface area contributed by atoms with Gasteiger partial charge in [0.2, 0.25) is 5.91 Å². The van der Waals surface area contributed by atoms with Crippen molar-refractivity contribution in [3.63, 3.8) is 0 Å². The number of nitro benzene ring substituents is 1. The van der Waals surface area contributed by atoms with E-state index in [4.69, 9.17) is 5.73 Å². The van der Waals surface area contributed by atoms with E-state index in [2.05, 4.69) is 15.9 Å². The topological polar surface area (TPSA) is 86.2 Å². The summed E-state index contributed by atoms with van der Waals surface area (Å²) < 4.78 is 0.706. The lowest BCUT2D eigenvalue weighted by Crippen LogP contribution is -2.12. The summed E-state index contributed by atoms with van der Waals surface area (Å²) in [6.07, 6.45) is 0. The van der Waals surface area contributed by atoms with E-state index in [1.165, 1.54) is 12.1 Å². The number of nitrogens with zero attached hydrogens (tertiary/aromatic N) is 1. The fourth-order valence-electron chi connectivity index (χ4n) is 1.77. The van der Waals surface area contributed by atoms with Crippen LogP contribution in [-0.4, -0.2) is 10.8 Å². The standard InChI is InChI=1S/C13H9BrN2O3/c14-11-3-1-2-10(13(15)17)12(11)8-4-6-9(7-5-8)16(18)19/h1-7H,(H2,15,17). The van der Waals surface area contributed by atoms with Crippen LogP contribution >= 0.6 is 15.9 Å².